The summed E-state index contributed by atoms with van der Waals surface area (Å²) in [5, 5.41) is 8.41. The van der Waals surface area contributed by atoms with Crippen LogP contribution in [0.15, 0.2) is 6.07 Å². The molecule has 82 valence electrons. The number of rotatable bonds is 3. The van der Waals surface area contributed by atoms with Gasteiger partial charge < -0.3 is 5.11 Å². The van der Waals surface area contributed by atoms with E-state index in [0.717, 1.165) is 6.07 Å². The summed E-state index contributed by atoms with van der Waals surface area (Å²) in [5.74, 6) is -1.14. The van der Waals surface area contributed by atoms with Crippen LogP contribution in [-0.2, 0) is 11.2 Å². The number of aromatic nitrogens is 1. The Balaban J connectivity index is 3.21. The van der Waals surface area contributed by atoms with Crippen molar-refractivity contribution in [3.05, 3.63) is 26.0 Å². The van der Waals surface area contributed by atoms with Crippen LogP contribution in [0.4, 0.5) is 8.78 Å². The number of hydrogen-bond donors (Lipinski definition) is 1. The first-order chi connectivity index (χ1) is 6.91. The molecule has 1 N–H and O–H groups in total. The standard InChI is InChI=1S/C8H5ClF2INO2/c9-5-1-3(8(10)11)7(12)4(13-5)2-6(14)15/h1,8H,2H2,(H,14,15). The molecule has 0 fully saturated rings. The van der Waals surface area contributed by atoms with E-state index in [9.17, 15) is 13.6 Å². The van der Waals surface area contributed by atoms with Gasteiger partial charge in [-0.05, 0) is 28.7 Å². The molecule has 0 aliphatic carbocycles. The lowest BCUT2D eigenvalue weighted by Crippen LogP contribution is -2.07. The molecule has 0 saturated heterocycles. The van der Waals surface area contributed by atoms with Crippen LogP contribution in [-0.4, -0.2) is 16.1 Å². The van der Waals surface area contributed by atoms with Crippen molar-refractivity contribution in [1.82, 2.24) is 4.98 Å². The van der Waals surface area contributed by atoms with Crippen molar-refractivity contribution in [2.45, 2.75) is 12.8 Å². The molecule has 0 amide bonds. The molecule has 1 aromatic rings. The molecule has 0 aromatic carbocycles. The van der Waals surface area contributed by atoms with Crippen molar-refractivity contribution in [3.63, 3.8) is 0 Å². The van der Waals surface area contributed by atoms with E-state index in [1.165, 1.54) is 0 Å². The van der Waals surface area contributed by atoms with Crippen LogP contribution in [0.1, 0.15) is 17.7 Å². The summed E-state index contributed by atoms with van der Waals surface area (Å²) in [6.07, 6.45) is -3.11. The monoisotopic (exact) mass is 347 g/mol. The second-order valence-corrected chi connectivity index (χ2v) is 4.13. The van der Waals surface area contributed by atoms with E-state index >= 15 is 0 Å². The maximum Gasteiger partial charge on any atom is 0.309 e. The minimum absolute atomic E-state index is 0.0610. The van der Waals surface area contributed by atoms with Crippen molar-refractivity contribution >= 4 is 40.2 Å². The number of halogens is 4. The van der Waals surface area contributed by atoms with Crippen LogP contribution in [0.25, 0.3) is 0 Å². The van der Waals surface area contributed by atoms with Gasteiger partial charge in [-0.1, -0.05) is 11.6 Å². The van der Waals surface area contributed by atoms with Crippen LogP contribution in [0.5, 0.6) is 0 Å². The Labute approximate surface area is 103 Å². The zero-order chi connectivity index (χ0) is 11.6. The fourth-order valence-electron chi connectivity index (χ4n) is 0.988. The smallest absolute Gasteiger partial charge is 0.309 e. The first kappa shape index (κ1) is 12.6. The van der Waals surface area contributed by atoms with Gasteiger partial charge in [0.15, 0.2) is 0 Å². The maximum atomic E-state index is 12.5. The largest absolute Gasteiger partial charge is 0.481 e. The quantitative estimate of drug-likeness (QED) is 0.676. The summed E-state index contributed by atoms with van der Waals surface area (Å²) in [6.45, 7) is 0. The third-order valence-electron chi connectivity index (χ3n) is 1.58. The summed E-state index contributed by atoms with van der Waals surface area (Å²) in [4.78, 5) is 14.1. The average Bonchev–Trinajstić information content (AvgIpc) is 2.09. The summed E-state index contributed by atoms with van der Waals surface area (Å²) in [7, 11) is 0. The van der Waals surface area contributed by atoms with Gasteiger partial charge in [-0.2, -0.15) is 0 Å². The van der Waals surface area contributed by atoms with E-state index in [2.05, 4.69) is 4.98 Å². The number of carboxylic acids is 1. The Bertz CT molecular complexity index is 400. The zero-order valence-corrected chi connectivity index (χ0v) is 10.1. The predicted molar refractivity (Wildman–Crippen MR) is 58.3 cm³/mol. The summed E-state index contributed by atoms with van der Waals surface area (Å²) >= 11 is 7.15. The molecule has 0 saturated carbocycles. The molecule has 1 rings (SSSR count). The van der Waals surface area contributed by atoms with Crippen LogP contribution in [0, 0.1) is 3.57 Å². The Kier molecular flexibility index (Phi) is 4.21. The highest BCUT2D eigenvalue weighted by Gasteiger charge is 2.18. The summed E-state index contributed by atoms with van der Waals surface area (Å²) in [6, 6.07) is 1.04. The van der Waals surface area contributed by atoms with E-state index in [-0.39, 0.29) is 20.0 Å². The van der Waals surface area contributed by atoms with Crippen LogP contribution < -0.4 is 0 Å². The van der Waals surface area contributed by atoms with Crippen molar-refractivity contribution in [1.29, 1.82) is 0 Å². The highest BCUT2D eigenvalue weighted by Crippen LogP contribution is 2.28. The SMILES string of the molecule is O=C(O)Cc1nc(Cl)cc(C(F)F)c1I. The fraction of sp³-hybridized carbons (Fsp3) is 0.250. The minimum atomic E-state index is -2.69. The van der Waals surface area contributed by atoms with Gasteiger partial charge >= 0.3 is 5.97 Å². The number of carbonyl (C=O) groups is 1. The average molecular weight is 347 g/mol. The Hall–Kier alpha value is -0.500. The van der Waals surface area contributed by atoms with E-state index in [1.807, 2.05) is 0 Å². The number of carboxylic acid groups (broad SMARTS) is 1. The van der Waals surface area contributed by atoms with Crippen LogP contribution in [0.3, 0.4) is 0 Å². The third-order valence-corrected chi connectivity index (χ3v) is 3.02. The van der Waals surface area contributed by atoms with Gasteiger partial charge in [-0.15, -0.1) is 0 Å². The predicted octanol–water partition coefficient (Wildman–Crippen LogP) is 2.90. The Morgan fingerprint density at radius 3 is 2.73 bits per heavy atom. The third kappa shape index (κ3) is 3.23. The Morgan fingerprint density at radius 1 is 1.67 bits per heavy atom. The van der Waals surface area contributed by atoms with Gasteiger partial charge in [0.25, 0.3) is 6.43 Å². The number of pyridine rings is 1. The van der Waals surface area contributed by atoms with Gasteiger partial charge in [0.2, 0.25) is 0 Å². The molecule has 0 atom stereocenters. The van der Waals surface area contributed by atoms with Crippen molar-refractivity contribution in [2.24, 2.45) is 0 Å². The molecule has 1 heterocycles. The van der Waals surface area contributed by atoms with Crippen molar-refractivity contribution in [3.8, 4) is 0 Å². The molecule has 1 aromatic heterocycles. The number of alkyl halides is 2. The molecule has 0 unspecified atom stereocenters. The lowest BCUT2D eigenvalue weighted by molar-refractivity contribution is -0.136. The second kappa shape index (κ2) is 5.02. The van der Waals surface area contributed by atoms with Gasteiger partial charge in [-0.25, -0.2) is 13.8 Å². The summed E-state index contributed by atoms with van der Waals surface area (Å²) in [5.41, 5.74) is -0.224. The highest BCUT2D eigenvalue weighted by atomic mass is 127. The molecule has 15 heavy (non-hydrogen) atoms. The van der Waals surface area contributed by atoms with Crippen LogP contribution in [0.2, 0.25) is 5.15 Å². The molecule has 0 spiro atoms. The zero-order valence-electron chi connectivity index (χ0n) is 7.18. The molecule has 0 bridgehead atoms. The van der Waals surface area contributed by atoms with Gasteiger partial charge in [0.1, 0.15) is 5.15 Å². The van der Waals surface area contributed by atoms with Gasteiger partial charge in [0, 0.05) is 9.13 Å². The number of hydrogen-bond acceptors (Lipinski definition) is 2. The first-order valence-corrected chi connectivity index (χ1v) is 5.22. The second-order valence-electron chi connectivity index (χ2n) is 2.67. The number of aliphatic carboxylic acids is 1. The lowest BCUT2D eigenvalue weighted by atomic mass is 10.2. The number of nitrogens with zero attached hydrogens (tertiary/aromatic N) is 1. The van der Waals surface area contributed by atoms with Gasteiger partial charge in [0.05, 0.1) is 12.1 Å². The fourth-order valence-corrected chi connectivity index (χ4v) is 1.91. The maximum absolute atomic E-state index is 12.5. The van der Waals surface area contributed by atoms with E-state index in [0.29, 0.717) is 0 Å². The topological polar surface area (TPSA) is 50.2 Å². The first-order valence-electron chi connectivity index (χ1n) is 3.76. The lowest BCUT2D eigenvalue weighted by Gasteiger charge is -2.07. The van der Waals surface area contributed by atoms with Gasteiger partial charge in [-0.3, -0.25) is 4.79 Å². The molecule has 0 aliphatic rings. The molecular formula is C8H5ClF2INO2. The van der Waals surface area contributed by atoms with Crippen molar-refractivity contribution < 1.29 is 18.7 Å². The minimum Gasteiger partial charge on any atom is -0.481 e. The molecule has 7 heteroatoms. The molecular weight excluding hydrogens is 342 g/mol. The van der Waals surface area contributed by atoms with E-state index < -0.39 is 18.8 Å². The molecule has 3 nitrogen and oxygen atoms in total. The van der Waals surface area contributed by atoms with Crippen molar-refractivity contribution in [2.75, 3.05) is 0 Å². The van der Waals surface area contributed by atoms with Crippen LogP contribution >= 0.6 is 34.2 Å². The highest BCUT2D eigenvalue weighted by molar-refractivity contribution is 14.1. The Morgan fingerprint density at radius 2 is 2.27 bits per heavy atom. The molecule has 0 aliphatic heterocycles. The molecule has 0 radical (unpaired) electrons. The normalized spacial score (nSPS) is 10.7. The van der Waals surface area contributed by atoms with E-state index in [1.54, 1.807) is 22.6 Å². The van der Waals surface area contributed by atoms with E-state index in [4.69, 9.17) is 16.7 Å². The summed E-state index contributed by atoms with van der Waals surface area (Å²) < 4.78 is 25.1.